The molecule has 0 unspecified atom stereocenters. The summed E-state index contributed by atoms with van der Waals surface area (Å²) in [6.07, 6.45) is 4.90. The van der Waals surface area contributed by atoms with Gasteiger partial charge >= 0.3 is 6.15 Å². The number of allylic oxidation sites excluding steroid dienone is 5. The summed E-state index contributed by atoms with van der Waals surface area (Å²) in [6.45, 7) is 6.16. The van der Waals surface area contributed by atoms with E-state index in [9.17, 15) is 18.7 Å². The van der Waals surface area contributed by atoms with Crippen LogP contribution in [0.4, 0.5) is 14.5 Å². The SMILES string of the molecule is C.C[Si]1(C)C2=CC(=[N+]3CC(F)C3)C=CC2=C(c2ccccc2C(=O)[O-])c2ccc(N3CC(F)C3)cc21.O=C=O. The molecule has 0 amide bonds. The lowest BCUT2D eigenvalue weighted by Crippen LogP contribution is -2.52. The number of anilines is 1. The maximum Gasteiger partial charge on any atom is 0.373 e. The van der Waals surface area contributed by atoms with Crippen molar-refractivity contribution in [2.45, 2.75) is 32.9 Å². The van der Waals surface area contributed by atoms with Gasteiger partial charge in [-0.25, -0.2) is 13.4 Å². The first-order chi connectivity index (χ1) is 18.1. The lowest BCUT2D eigenvalue weighted by atomic mass is 9.87. The molecule has 2 fully saturated rings. The molecule has 0 saturated carbocycles. The van der Waals surface area contributed by atoms with E-state index in [2.05, 4.69) is 37.4 Å². The Bertz CT molecular complexity index is 1490. The zero-order chi connectivity index (χ0) is 27.2. The van der Waals surface area contributed by atoms with Crippen LogP contribution in [0.2, 0.25) is 13.1 Å². The molecule has 4 aliphatic rings. The van der Waals surface area contributed by atoms with Gasteiger partial charge in [0.1, 0.15) is 14.2 Å². The molecule has 2 aromatic rings. The number of nitrogens with zero attached hydrogens (tertiary/aromatic N) is 2. The average Bonchev–Trinajstić information content (AvgIpc) is 2.86. The molecule has 0 N–H and O–H groups in total. The number of aromatic carboxylic acids is 1. The lowest BCUT2D eigenvalue weighted by molar-refractivity contribution is -0.599. The van der Waals surface area contributed by atoms with Gasteiger partial charge in [-0.2, -0.15) is 9.59 Å². The number of hydrogen-bond acceptors (Lipinski definition) is 5. The van der Waals surface area contributed by atoms with Gasteiger partial charge in [-0.15, -0.1) is 0 Å². The Labute approximate surface area is 227 Å². The van der Waals surface area contributed by atoms with Crippen LogP contribution in [0, 0.1) is 0 Å². The van der Waals surface area contributed by atoms with E-state index in [1.807, 2.05) is 33.8 Å². The second-order valence-corrected chi connectivity index (χ2v) is 14.7. The van der Waals surface area contributed by atoms with Crippen LogP contribution < -0.4 is 15.2 Å². The minimum absolute atomic E-state index is 0. The number of benzene rings is 2. The molecule has 9 heteroatoms. The zero-order valence-electron chi connectivity index (χ0n) is 21.0. The van der Waals surface area contributed by atoms with Crippen LogP contribution in [0.1, 0.15) is 28.9 Å². The number of carboxylic acids is 1. The van der Waals surface area contributed by atoms with Crippen LogP contribution in [0.3, 0.4) is 0 Å². The van der Waals surface area contributed by atoms with Crippen molar-refractivity contribution < 1.29 is 32.8 Å². The van der Waals surface area contributed by atoms with E-state index in [1.165, 1.54) is 10.4 Å². The molecule has 0 aromatic heterocycles. The smallest absolute Gasteiger partial charge is 0.373 e. The van der Waals surface area contributed by atoms with E-state index in [0.717, 1.165) is 28.1 Å². The normalized spacial score (nSPS) is 20.7. The summed E-state index contributed by atoms with van der Waals surface area (Å²) in [6, 6.07) is 13.2. The summed E-state index contributed by atoms with van der Waals surface area (Å²) < 4.78 is 29.2. The Morgan fingerprint density at radius 3 is 2.31 bits per heavy atom. The lowest BCUT2D eigenvalue weighted by Gasteiger charge is -2.41. The highest BCUT2D eigenvalue weighted by molar-refractivity contribution is 6.98. The average molecular weight is 549 g/mol. The molecule has 39 heavy (non-hydrogen) atoms. The summed E-state index contributed by atoms with van der Waals surface area (Å²) in [5.41, 5.74) is 5.68. The third kappa shape index (κ3) is 4.84. The van der Waals surface area contributed by atoms with Crippen LogP contribution in [0.5, 0.6) is 0 Å². The van der Waals surface area contributed by atoms with Crippen LogP contribution in [-0.2, 0) is 9.59 Å². The Morgan fingerprint density at radius 2 is 1.69 bits per heavy atom. The van der Waals surface area contributed by atoms with Crippen molar-refractivity contribution in [1.29, 1.82) is 0 Å². The molecule has 2 saturated heterocycles. The number of fused-ring (bicyclic) bond motifs is 2. The maximum atomic E-state index is 13.6. The first-order valence-corrected chi connectivity index (χ1v) is 15.4. The van der Waals surface area contributed by atoms with Gasteiger partial charge in [0.2, 0.25) is 6.17 Å². The summed E-state index contributed by atoms with van der Waals surface area (Å²) in [7, 11) is -2.24. The van der Waals surface area contributed by atoms with E-state index in [0.29, 0.717) is 31.7 Å². The quantitative estimate of drug-likeness (QED) is 0.436. The van der Waals surface area contributed by atoms with Crippen molar-refractivity contribution in [2.75, 3.05) is 31.1 Å². The first kappa shape index (κ1) is 28.1. The number of carboxylic acid groups (broad SMARTS) is 1. The van der Waals surface area contributed by atoms with E-state index in [-0.39, 0.29) is 19.1 Å². The van der Waals surface area contributed by atoms with Gasteiger partial charge in [0.25, 0.3) is 0 Å². The Kier molecular flexibility index (Phi) is 7.68. The highest BCUT2D eigenvalue weighted by atomic mass is 28.3. The van der Waals surface area contributed by atoms with E-state index >= 15 is 0 Å². The van der Waals surface area contributed by atoms with Crippen molar-refractivity contribution in [3.63, 3.8) is 0 Å². The van der Waals surface area contributed by atoms with Crippen molar-refractivity contribution >= 4 is 42.4 Å². The second kappa shape index (κ2) is 10.7. The molecular formula is C30H30F2N2O4Si. The van der Waals surface area contributed by atoms with E-state index in [4.69, 9.17) is 9.59 Å². The van der Waals surface area contributed by atoms with E-state index < -0.39 is 26.4 Å². The molecule has 202 valence electrons. The van der Waals surface area contributed by atoms with E-state index in [1.54, 1.807) is 12.1 Å². The minimum atomic E-state index is -2.24. The van der Waals surface area contributed by atoms with Gasteiger partial charge < -0.3 is 14.8 Å². The fourth-order valence-electron chi connectivity index (χ4n) is 5.66. The largest absolute Gasteiger partial charge is 0.545 e. The monoisotopic (exact) mass is 548 g/mol. The molecule has 1 aliphatic carbocycles. The summed E-state index contributed by atoms with van der Waals surface area (Å²) in [5.74, 6) is -1.21. The van der Waals surface area contributed by atoms with Gasteiger partial charge in [-0.3, -0.25) is 0 Å². The summed E-state index contributed by atoms with van der Waals surface area (Å²) >= 11 is 0. The second-order valence-electron chi connectivity index (χ2n) is 10.4. The van der Waals surface area contributed by atoms with Gasteiger partial charge in [-0.1, -0.05) is 50.9 Å². The van der Waals surface area contributed by atoms with Crippen molar-refractivity contribution in [3.8, 4) is 0 Å². The molecule has 0 spiro atoms. The van der Waals surface area contributed by atoms with Crippen molar-refractivity contribution in [1.82, 2.24) is 0 Å². The predicted octanol–water partition coefficient (Wildman–Crippen LogP) is 2.83. The van der Waals surface area contributed by atoms with Crippen LogP contribution in [-0.4, -0.2) is 69.0 Å². The molecule has 0 bridgehead atoms. The standard InChI is InChI=1S/C28H26F2N2O2Si.CO2.CH4/c1-35(2)25-11-19(31-13-17(29)14-31)7-9-23(25)27(21-5-3-4-6-22(21)28(33)34)24-10-8-20(12-26(24)35)32-15-18(30)16-32;2-1-3;/h3-12,17-18H,13-16H2,1-2H3;;1H4. The molecule has 3 heterocycles. The van der Waals surface area contributed by atoms with Gasteiger partial charge in [0.05, 0.1) is 19.1 Å². The fraction of sp³-hybridized carbons (Fsp3) is 0.300. The highest BCUT2D eigenvalue weighted by Crippen LogP contribution is 2.43. The molecule has 0 atom stereocenters. The molecule has 2 aromatic carbocycles. The maximum absolute atomic E-state index is 13.6. The van der Waals surface area contributed by atoms with Crippen LogP contribution in [0.25, 0.3) is 5.57 Å². The third-order valence-electron chi connectivity index (χ3n) is 7.71. The predicted molar refractivity (Wildman–Crippen MR) is 146 cm³/mol. The molecule has 6 nitrogen and oxygen atoms in total. The summed E-state index contributed by atoms with van der Waals surface area (Å²) in [4.78, 5) is 30.3. The topological polar surface area (TPSA) is 80.5 Å². The number of alkyl halides is 2. The zero-order valence-corrected chi connectivity index (χ0v) is 22.0. The molecular weight excluding hydrogens is 518 g/mol. The van der Waals surface area contributed by atoms with Crippen molar-refractivity contribution in [3.05, 3.63) is 88.2 Å². The number of carbonyl (C=O) groups is 1. The first-order valence-electron chi connectivity index (χ1n) is 12.4. The van der Waals surface area contributed by atoms with Gasteiger partial charge in [-0.05, 0) is 50.9 Å². The van der Waals surface area contributed by atoms with Crippen molar-refractivity contribution in [2.24, 2.45) is 0 Å². The highest BCUT2D eigenvalue weighted by Gasteiger charge is 2.42. The van der Waals surface area contributed by atoms with Gasteiger partial charge in [0, 0.05) is 23.4 Å². The minimum Gasteiger partial charge on any atom is -0.545 e. The Hall–Kier alpha value is -3.94. The Balaban J connectivity index is 0.000000845. The van der Waals surface area contributed by atoms with Gasteiger partial charge in [0.15, 0.2) is 18.8 Å². The molecule has 6 rings (SSSR count). The number of rotatable bonds is 3. The van der Waals surface area contributed by atoms with Crippen LogP contribution >= 0.6 is 0 Å². The third-order valence-corrected chi connectivity index (χ3v) is 11.2. The number of hydrogen-bond donors (Lipinski definition) is 0. The molecule has 0 radical (unpaired) electrons. The number of carbonyl (C=O) groups excluding carboxylic acids is 3. The fourth-order valence-corrected chi connectivity index (χ4v) is 8.73. The number of halogens is 2. The molecule has 3 aliphatic heterocycles. The Morgan fingerprint density at radius 1 is 1.03 bits per heavy atom. The van der Waals surface area contributed by atoms with Crippen LogP contribution in [0.15, 0.2) is 71.5 Å². The summed E-state index contributed by atoms with van der Waals surface area (Å²) in [5, 5.41) is 14.4.